The lowest BCUT2D eigenvalue weighted by molar-refractivity contribution is -0.142. The molecule has 0 bridgehead atoms. The van der Waals surface area contributed by atoms with Gasteiger partial charge in [0.1, 0.15) is 11.9 Å². The maximum atomic E-state index is 12.8. The fourth-order valence-electron chi connectivity index (χ4n) is 3.38. The summed E-state index contributed by atoms with van der Waals surface area (Å²) < 4.78 is 5.61. The first-order valence-electron chi connectivity index (χ1n) is 8.80. The highest BCUT2D eigenvalue weighted by Crippen LogP contribution is 2.23. The lowest BCUT2D eigenvalue weighted by Crippen LogP contribution is -2.48. The summed E-state index contributed by atoms with van der Waals surface area (Å²) in [6, 6.07) is 1.69. The zero-order valence-corrected chi connectivity index (χ0v) is 14.6. The zero-order valence-electron chi connectivity index (χ0n) is 14.6. The number of carbonyl (C=O) groups excluding carboxylic acids is 1. The number of piperidine rings is 1. The van der Waals surface area contributed by atoms with Gasteiger partial charge in [-0.25, -0.2) is 9.97 Å². The van der Waals surface area contributed by atoms with E-state index in [2.05, 4.69) is 20.2 Å². The Bertz CT molecular complexity index is 574. The van der Waals surface area contributed by atoms with E-state index in [-0.39, 0.29) is 11.9 Å². The smallest absolute Gasteiger partial charge is 0.237 e. The van der Waals surface area contributed by atoms with Crippen LogP contribution in [-0.4, -0.2) is 72.1 Å². The van der Waals surface area contributed by atoms with Crippen LogP contribution in [0.3, 0.4) is 0 Å². The molecular formula is C17H27N5O2. The number of anilines is 1. The molecule has 2 fully saturated rings. The number of aryl methyl sites for hydroxylation is 1. The number of likely N-dealkylation sites (tertiary alicyclic amines) is 1. The molecule has 132 valence electrons. The molecule has 2 aliphatic rings. The molecular weight excluding hydrogens is 306 g/mol. The Kier molecular flexibility index (Phi) is 5.63. The number of carbonyl (C=O) groups is 1. The van der Waals surface area contributed by atoms with Gasteiger partial charge >= 0.3 is 0 Å². The van der Waals surface area contributed by atoms with E-state index < -0.39 is 0 Å². The Balaban J connectivity index is 1.75. The third-order valence-corrected chi connectivity index (χ3v) is 4.68. The van der Waals surface area contributed by atoms with Gasteiger partial charge in [-0.05, 0) is 32.9 Å². The molecule has 24 heavy (non-hydrogen) atoms. The van der Waals surface area contributed by atoms with Crippen LogP contribution in [0.25, 0.3) is 0 Å². The fraction of sp³-hybridized carbons (Fsp3) is 0.706. The topological polar surface area (TPSA) is 70.6 Å². The number of ether oxygens (including phenoxy) is 1. The number of hydrogen-bond acceptors (Lipinski definition) is 6. The quantitative estimate of drug-likeness (QED) is 0.893. The molecule has 1 aromatic rings. The average Bonchev–Trinajstić information content (AvgIpc) is 2.62. The molecule has 2 saturated heterocycles. The highest BCUT2D eigenvalue weighted by molar-refractivity contribution is 5.78. The maximum Gasteiger partial charge on any atom is 0.237 e. The standard InChI is InChI=1S/C17H27N5O2/c1-13-10-15(18-2)20-17(19-13)14-12-24-9-8-22(14)16(23)11-21-6-4-3-5-7-21/h10,14H,3-9,11-12H2,1-2H3,(H,18,19,20). The van der Waals surface area contributed by atoms with Crippen molar-refractivity contribution >= 4 is 11.7 Å². The van der Waals surface area contributed by atoms with E-state index in [0.717, 1.165) is 24.6 Å². The van der Waals surface area contributed by atoms with Crippen molar-refractivity contribution in [3.05, 3.63) is 17.6 Å². The molecule has 7 heteroatoms. The van der Waals surface area contributed by atoms with Gasteiger partial charge < -0.3 is 15.0 Å². The average molecular weight is 333 g/mol. The minimum absolute atomic E-state index is 0.154. The largest absolute Gasteiger partial charge is 0.377 e. The molecule has 1 amide bonds. The normalized spacial score (nSPS) is 22.4. The predicted molar refractivity (Wildman–Crippen MR) is 91.9 cm³/mol. The maximum absolute atomic E-state index is 12.8. The van der Waals surface area contributed by atoms with Gasteiger partial charge in [0.2, 0.25) is 5.91 Å². The van der Waals surface area contributed by atoms with Crippen LogP contribution in [-0.2, 0) is 9.53 Å². The number of hydrogen-bond donors (Lipinski definition) is 1. The molecule has 1 unspecified atom stereocenters. The first kappa shape index (κ1) is 17.1. The number of amides is 1. The van der Waals surface area contributed by atoms with Gasteiger partial charge in [0.25, 0.3) is 0 Å². The van der Waals surface area contributed by atoms with Gasteiger partial charge in [0.05, 0.1) is 19.8 Å². The van der Waals surface area contributed by atoms with Gasteiger partial charge in [0, 0.05) is 25.4 Å². The second-order valence-electron chi connectivity index (χ2n) is 6.52. The Labute approximate surface area is 143 Å². The Morgan fingerprint density at radius 2 is 2.08 bits per heavy atom. The van der Waals surface area contributed by atoms with Crippen molar-refractivity contribution in [2.45, 2.75) is 32.2 Å². The van der Waals surface area contributed by atoms with Crippen molar-refractivity contribution in [1.82, 2.24) is 19.8 Å². The highest BCUT2D eigenvalue weighted by Gasteiger charge is 2.32. The van der Waals surface area contributed by atoms with E-state index in [9.17, 15) is 4.79 Å². The first-order chi connectivity index (χ1) is 11.7. The van der Waals surface area contributed by atoms with Gasteiger partial charge in [-0.1, -0.05) is 6.42 Å². The highest BCUT2D eigenvalue weighted by atomic mass is 16.5. The summed E-state index contributed by atoms with van der Waals surface area (Å²) in [5.74, 6) is 1.58. The van der Waals surface area contributed by atoms with Crippen LogP contribution in [0.2, 0.25) is 0 Å². The van der Waals surface area contributed by atoms with E-state index >= 15 is 0 Å². The molecule has 3 rings (SSSR count). The van der Waals surface area contributed by atoms with E-state index in [4.69, 9.17) is 4.74 Å². The molecule has 0 saturated carbocycles. The molecule has 1 aromatic heterocycles. The van der Waals surface area contributed by atoms with Crippen LogP contribution < -0.4 is 5.32 Å². The van der Waals surface area contributed by atoms with Crippen LogP contribution in [0.15, 0.2) is 6.07 Å². The summed E-state index contributed by atoms with van der Waals surface area (Å²) in [4.78, 5) is 26.1. The lowest BCUT2D eigenvalue weighted by Gasteiger charge is -2.36. The fourth-order valence-corrected chi connectivity index (χ4v) is 3.38. The number of nitrogens with one attached hydrogen (secondary N) is 1. The van der Waals surface area contributed by atoms with Crippen LogP contribution in [0.1, 0.15) is 36.8 Å². The molecule has 0 spiro atoms. The number of aromatic nitrogens is 2. The summed E-state index contributed by atoms with van der Waals surface area (Å²) in [5.41, 5.74) is 0.887. The number of morpholine rings is 1. The minimum atomic E-state index is -0.206. The summed E-state index contributed by atoms with van der Waals surface area (Å²) in [7, 11) is 1.84. The zero-order chi connectivity index (χ0) is 16.9. The Morgan fingerprint density at radius 1 is 1.29 bits per heavy atom. The number of nitrogens with zero attached hydrogens (tertiary/aromatic N) is 4. The van der Waals surface area contributed by atoms with Crippen molar-refractivity contribution < 1.29 is 9.53 Å². The molecule has 0 aliphatic carbocycles. The third-order valence-electron chi connectivity index (χ3n) is 4.68. The van der Waals surface area contributed by atoms with E-state index in [0.29, 0.717) is 32.1 Å². The van der Waals surface area contributed by atoms with E-state index in [1.165, 1.54) is 19.3 Å². The van der Waals surface area contributed by atoms with Crippen molar-refractivity contribution in [1.29, 1.82) is 0 Å². The van der Waals surface area contributed by atoms with Gasteiger partial charge in [-0.2, -0.15) is 0 Å². The minimum Gasteiger partial charge on any atom is -0.377 e. The summed E-state index contributed by atoms with van der Waals surface area (Å²) in [6.45, 7) is 6.10. The van der Waals surface area contributed by atoms with Gasteiger partial charge in [0.15, 0.2) is 5.82 Å². The molecule has 1 N–H and O–H groups in total. The van der Waals surface area contributed by atoms with Crippen molar-refractivity contribution in [2.24, 2.45) is 0 Å². The van der Waals surface area contributed by atoms with Crippen LogP contribution >= 0.6 is 0 Å². The van der Waals surface area contributed by atoms with Crippen LogP contribution in [0, 0.1) is 6.92 Å². The molecule has 7 nitrogen and oxygen atoms in total. The van der Waals surface area contributed by atoms with Crippen molar-refractivity contribution in [2.75, 3.05) is 51.8 Å². The SMILES string of the molecule is CNc1cc(C)nc(C2COCCN2C(=O)CN2CCCCC2)n1. The van der Waals surface area contributed by atoms with E-state index in [1.807, 2.05) is 24.9 Å². The van der Waals surface area contributed by atoms with Gasteiger partial charge in [-0.3, -0.25) is 9.69 Å². The van der Waals surface area contributed by atoms with Crippen molar-refractivity contribution in [3.63, 3.8) is 0 Å². The summed E-state index contributed by atoms with van der Waals surface area (Å²) in [5, 5.41) is 3.05. The number of rotatable bonds is 4. The lowest BCUT2D eigenvalue weighted by atomic mass is 10.1. The molecule has 1 atom stereocenters. The molecule has 3 heterocycles. The molecule has 2 aliphatic heterocycles. The van der Waals surface area contributed by atoms with Gasteiger partial charge in [-0.15, -0.1) is 0 Å². The summed E-state index contributed by atoms with van der Waals surface area (Å²) >= 11 is 0. The van der Waals surface area contributed by atoms with E-state index in [1.54, 1.807) is 0 Å². The Hall–Kier alpha value is -1.73. The van der Waals surface area contributed by atoms with Crippen molar-refractivity contribution in [3.8, 4) is 0 Å². The second-order valence-corrected chi connectivity index (χ2v) is 6.52. The molecule has 0 aromatic carbocycles. The van der Waals surface area contributed by atoms with Crippen LogP contribution in [0.5, 0.6) is 0 Å². The Morgan fingerprint density at radius 3 is 2.83 bits per heavy atom. The second kappa shape index (κ2) is 7.90. The van der Waals surface area contributed by atoms with Crippen LogP contribution in [0.4, 0.5) is 5.82 Å². The monoisotopic (exact) mass is 333 g/mol. The molecule has 0 radical (unpaired) electrons. The first-order valence-corrected chi connectivity index (χ1v) is 8.80. The predicted octanol–water partition coefficient (Wildman–Crippen LogP) is 1.21. The summed E-state index contributed by atoms with van der Waals surface area (Å²) in [6.07, 6.45) is 3.65. The third kappa shape index (κ3) is 4.02.